The molecule has 1 aromatic heterocycles. The van der Waals surface area contributed by atoms with Crippen LogP contribution in [0.25, 0.3) is 0 Å². The van der Waals surface area contributed by atoms with E-state index >= 15 is 0 Å². The normalized spacial score (nSPS) is 10.9. The van der Waals surface area contributed by atoms with Gasteiger partial charge in [-0.15, -0.1) is 12.4 Å². The van der Waals surface area contributed by atoms with Gasteiger partial charge in [0.1, 0.15) is 0 Å². The molecule has 0 saturated heterocycles. The molecule has 0 bridgehead atoms. The molecule has 0 radical (unpaired) electrons. The third-order valence-corrected chi connectivity index (χ3v) is 2.25. The fourth-order valence-corrected chi connectivity index (χ4v) is 1.41. The highest BCUT2D eigenvalue weighted by atomic mass is 35.5. The lowest BCUT2D eigenvalue weighted by atomic mass is 10.1. The highest BCUT2D eigenvalue weighted by Gasteiger charge is 2.03. The number of nitrogens with zero attached hydrogens (tertiary/aromatic N) is 2. The van der Waals surface area contributed by atoms with Gasteiger partial charge in [-0.2, -0.15) is 0 Å². The van der Waals surface area contributed by atoms with Gasteiger partial charge in [0.2, 0.25) is 0 Å². The van der Waals surface area contributed by atoms with Gasteiger partial charge in [-0.1, -0.05) is 11.6 Å². The summed E-state index contributed by atoms with van der Waals surface area (Å²) in [6.07, 6.45) is 7.26. The molecular formula is C11H18ClN3O. The van der Waals surface area contributed by atoms with Gasteiger partial charge in [0.15, 0.2) is 0 Å². The summed E-state index contributed by atoms with van der Waals surface area (Å²) in [5.74, 6) is 0. The number of rotatable bonds is 6. The van der Waals surface area contributed by atoms with Crippen molar-refractivity contribution < 1.29 is 5.21 Å². The molecule has 0 fully saturated rings. The van der Waals surface area contributed by atoms with Gasteiger partial charge in [-0.25, -0.2) is 0 Å². The second-order valence-electron chi connectivity index (χ2n) is 3.38. The number of hydrogen-bond donors (Lipinski definition) is 2. The Morgan fingerprint density at radius 1 is 1.25 bits per heavy atom. The Bertz CT molecular complexity index is 303. The Morgan fingerprint density at radius 3 is 2.50 bits per heavy atom. The van der Waals surface area contributed by atoms with E-state index in [0.29, 0.717) is 0 Å². The van der Waals surface area contributed by atoms with Gasteiger partial charge in [0, 0.05) is 18.0 Å². The minimum absolute atomic E-state index is 0. The zero-order valence-electron chi connectivity index (χ0n) is 9.17. The Labute approximate surface area is 102 Å². The molecular weight excluding hydrogens is 226 g/mol. The van der Waals surface area contributed by atoms with Crippen LogP contribution in [0.3, 0.4) is 0 Å². The first-order chi connectivity index (χ1) is 7.38. The first kappa shape index (κ1) is 14.9. The minimum atomic E-state index is 0. The Balaban J connectivity index is 0.00000225. The molecule has 0 unspecified atom stereocenters. The van der Waals surface area contributed by atoms with Crippen molar-refractivity contribution in [3.8, 4) is 0 Å². The molecule has 0 aromatic carbocycles. The lowest BCUT2D eigenvalue weighted by molar-refractivity contribution is 0.317. The van der Waals surface area contributed by atoms with Crippen molar-refractivity contribution >= 4 is 18.1 Å². The van der Waals surface area contributed by atoms with E-state index in [1.807, 2.05) is 12.1 Å². The maximum Gasteiger partial charge on any atom is 0.0868 e. The predicted molar refractivity (Wildman–Crippen MR) is 67.3 cm³/mol. The molecule has 0 amide bonds. The van der Waals surface area contributed by atoms with Crippen LogP contribution in [0.5, 0.6) is 0 Å². The fraction of sp³-hybridized carbons (Fsp3) is 0.455. The summed E-state index contributed by atoms with van der Waals surface area (Å²) in [4.78, 5) is 3.92. The smallest absolute Gasteiger partial charge is 0.0868 e. The van der Waals surface area contributed by atoms with Crippen LogP contribution in [-0.4, -0.2) is 22.4 Å². The standard InChI is InChI=1S/C11H17N3O.ClH/c12-7-3-1-2-4-11(14-15)10-5-8-13-9-6-10;/h5-6,8-9,15H,1-4,7,12H2;1H/b14-11-;. The molecule has 1 heterocycles. The first-order valence-corrected chi connectivity index (χ1v) is 5.20. The summed E-state index contributed by atoms with van der Waals surface area (Å²) in [6, 6.07) is 3.69. The molecule has 0 saturated carbocycles. The molecule has 0 aliphatic carbocycles. The predicted octanol–water partition coefficient (Wildman–Crippen LogP) is 2.20. The summed E-state index contributed by atoms with van der Waals surface area (Å²) in [7, 11) is 0. The van der Waals surface area contributed by atoms with Gasteiger partial charge in [0.05, 0.1) is 5.71 Å². The minimum Gasteiger partial charge on any atom is -0.411 e. The molecule has 16 heavy (non-hydrogen) atoms. The van der Waals surface area contributed by atoms with E-state index in [4.69, 9.17) is 10.9 Å². The maximum atomic E-state index is 8.88. The molecule has 5 heteroatoms. The van der Waals surface area contributed by atoms with Crippen molar-refractivity contribution in [2.75, 3.05) is 6.54 Å². The molecule has 90 valence electrons. The average Bonchev–Trinajstić information content (AvgIpc) is 2.30. The van der Waals surface area contributed by atoms with Crippen molar-refractivity contribution in [3.05, 3.63) is 30.1 Å². The van der Waals surface area contributed by atoms with Crippen LogP contribution in [-0.2, 0) is 0 Å². The number of pyridine rings is 1. The largest absolute Gasteiger partial charge is 0.411 e. The van der Waals surface area contributed by atoms with Gasteiger partial charge < -0.3 is 10.9 Å². The monoisotopic (exact) mass is 243 g/mol. The molecule has 0 atom stereocenters. The number of nitrogens with two attached hydrogens (primary N) is 1. The van der Waals surface area contributed by atoms with Crippen LogP contribution >= 0.6 is 12.4 Å². The van der Waals surface area contributed by atoms with Crippen LogP contribution in [0.4, 0.5) is 0 Å². The van der Waals surface area contributed by atoms with E-state index < -0.39 is 0 Å². The third-order valence-electron chi connectivity index (χ3n) is 2.25. The number of unbranched alkanes of at least 4 members (excludes halogenated alkanes) is 2. The maximum absolute atomic E-state index is 8.88. The van der Waals surface area contributed by atoms with Crippen molar-refractivity contribution in [2.45, 2.75) is 25.7 Å². The van der Waals surface area contributed by atoms with Gasteiger partial charge >= 0.3 is 0 Å². The molecule has 4 nitrogen and oxygen atoms in total. The number of halogens is 1. The Kier molecular flexibility index (Phi) is 8.48. The Hall–Kier alpha value is -1.13. The summed E-state index contributed by atoms with van der Waals surface area (Å²) in [5.41, 5.74) is 7.05. The van der Waals surface area contributed by atoms with E-state index in [9.17, 15) is 0 Å². The molecule has 0 aliphatic heterocycles. The highest BCUT2D eigenvalue weighted by Crippen LogP contribution is 2.07. The highest BCUT2D eigenvalue weighted by molar-refractivity contribution is 5.99. The summed E-state index contributed by atoms with van der Waals surface area (Å²) in [5, 5.41) is 12.2. The lowest BCUT2D eigenvalue weighted by Crippen LogP contribution is -2.02. The molecule has 1 rings (SSSR count). The molecule has 3 N–H and O–H groups in total. The average molecular weight is 244 g/mol. The van der Waals surface area contributed by atoms with Gasteiger partial charge in [-0.05, 0) is 37.9 Å². The zero-order chi connectivity index (χ0) is 10.9. The van der Waals surface area contributed by atoms with Gasteiger partial charge in [0.25, 0.3) is 0 Å². The van der Waals surface area contributed by atoms with Crippen molar-refractivity contribution in [1.82, 2.24) is 4.98 Å². The summed E-state index contributed by atoms with van der Waals surface area (Å²) >= 11 is 0. The van der Waals surface area contributed by atoms with Crippen LogP contribution in [0.15, 0.2) is 29.7 Å². The quantitative estimate of drug-likeness (QED) is 0.348. The first-order valence-electron chi connectivity index (χ1n) is 5.20. The van der Waals surface area contributed by atoms with E-state index in [-0.39, 0.29) is 12.4 Å². The van der Waals surface area contributed by atoms with Crippen molar-refractivity contribution in [3.63, 3.8) is 0 Å². The SMILES string of the molecule is Cl.NCCCCC/C(=N/O)c1ccncc1. The van der Waals surface area contributed by atoms with Crippen molar-refractivity contribution in [1.29, 1.82) is 0 Å². The second kappa shape index (κ2) is 9.12. The van der Waals surface area contributed by atoms with Crippen LogP contribution in [0.2, 0.25) is 0 Å². The lowest BCUT2D eigenvalue weighted by Gasteiger charge is -2.03. The van der Waals surface area contributed by atoms with Crippen LogP contribution < -0.4 is 5.73 Å². The molecule has 1 aromatic rings. The fourth-order valence-electron chi connectivity index (χ4n) is 1.41. The summed E-state index contributed by atoms with van der Waals surface area (Å²) in [6.45, 7) is 0.723. The molecule has 0 spiro atoms. The van der Waals surface area contributed by atoms with Crippen LogP contribution in [0.1, 0.15) is 31.2 Å². The van der Waals surface area contributed by atoms with E-state index in [1.165, 1.54) is 0 Å². The Morgan fingerprint density at radius 2 is 1.94 bits per heavy atom. The summed E-state index contributed by atoms with van der Waals surface area (Å²) < 4.78 is 0. The zero-order valence-corrected chi connectivity index (χ0v) is 9.99. The number of oxime groups is 1. The topological polar surface area (TPSA) is 71.5 Å². The molecule has 0 aliphatic rings. The number of hydrogen-bond acceptors (Lipinski definition) is 4. The third kappa shape index (κ3) is 5.09. The van der Waals surface area contributed by atoms with Gasteiger partial charge in [-0.3, -0.25) is 4.98 Å². The van der Waals surface area contributed by atoms with Crippen LogP contribution in [0, 0.1) is 0 Å². The second-order valence-corrected chi connectivity index (χ2v) is 3.38. The van der Waals surface area contributed by atoms with E-state index in [1.54, 1.807) is 12.4 Å². The van der Waals surface area contributed by atoms with E-state index in [0.717, 1.165) is 43.5 Å². The number of aromatic nitrogens is 1. The van der Waals surface area contributed by atoms with E-state index in [2.05, 4.69) is 10.1 Å². The van der Waals surface area contributed by atoms with Crippen molar-refractivity contribution in [2.24, 2.45) is 10.9 Å².